The summed E-state index contributed by atoms with van der Waals surface area (Å²) in [4.78, 5) is 11.0. The van der Waals surface area contributed by atoms with Crippen molar-refractivity contribution in [1.29, 1.82) is 0 Å². The van der Waals surface area contributed by atoms with E-state index in [1.54, 1.807) is 6.07 Å². The Labute approximate surface area is 113 Å². The lowest BCUT2D eigenvalue weighted by Crippen LogP contribution is -2.03. The van der Waals surface area contributed by atoms with Gasteiger partial charge < -0.3 is 14.1 Å². The number of halogens is 1. The zero-order valence-electron chi connectivity index (χ0n) is 9.84. The van der Waals surface area contributed by atoms with E-state index in [-0.39, 0.29) is 5.76 Å². The van der Waals surface area contributed by atoms with E-state index in [0.29, 0.717) is 17.1 Å². The lowest BCUT2D eigenvalue weighted by atomic mass is 10.2. The number of carboxylic acids is 1. The normalized spacial score (nSPS) is 11.0. The molecule has 0 radical (unpaired) electrons. The zero-order valence-corrected chi connectivity index (χ0v) is 10.6. The third-order valence-corrected chi connectivity index (χ3v) is 3.33. The van der Waals surface area contributed by atoms with Gasteiger partial charge in [0.2, 0.25) is 5.76 Å². The van der Waals surface area contributed by atoms with Crippen molar-refractivity contribution in [3.8, 4) is 0 Å². The van der Waals surface area contributed by atoms with Crippen molar-refractivity contribution >= 4 is 28.5 Å². The molecule has 0 amide bonds. The Morgan fingerprint density at radius 3 is 2.95 bits per heavy atom. The molecule has 0 unspecified atom stereocenters. The van der Waals surface area contributed by atoms with Crippen LogP contribution in [0.5, 0.6) is 0 Å². The van der Waals surface area contributed by atoms with Gasteiger partial charge in [-0.15, -0.1) is 0 Å². The van der Waals surface area contributed by atoms with E-state index >= 15 is 0 Å². The van der Waals surface area contributed by atoms with Gasteiger partial charge in [-0.1, -0.05) is 23.7 Å². The minimum absolute atomic E-state index is 0.0334. The van der Waals surface area contributed by atoms with Crippen molar-refractivity contribution in [1.82, 2.24) is 4.57 Å². The lowest BCUT2D eigenvalue weighted by Gasteiger charge is -2.05. The summed E-state index contributed by atoms with van der Waals surface area (Å²) in [7, 11) is 0. The summed E-state index contributed by atoms with van der Waals surface area (Å²) in [6.07, 6.45) is 3.27. The van der Waals surface area contributed by atoms with Crippen LogP contribution in [0.15, 0.2) is 47.2 Å². The molecule has 19 heavy (non-hydrogen) atoms. The van der Waals surface area contributed by atoms with E-state index in [0.717, 1.165) is 10.9 Å². The summed E-state index contributed by atoms with van der Waals surface area (Å²) < 4.78 is 6.88. The Morgan fingerprint density at radius 2 is 2.16 bits per heavy atom. The Morgan fingerprint density at radius 1 is 1.32 bits per heavy atom. The van der Waals surface area contributed by atoms with Gasteiger partial charge in [-0.25, -0.2) is 4.79 Å². The fourth-order valence-electron chi connectivity index (χ4n) is 2.18. The van der Waals surface area contributed by atoms with Crippen molar-refractivity contribution in [3.63, 3.8) is 0 Å². The smallest absolute Gasteiger partial charge is 0.372 e. The first kappa shape index (κ1) is 11.9. The molecule has 1 N–H and O–H groups in total. The maximum atomic E-state index is 11.0. The van der Waals surface area contributed by atoms with Crippen molar-refractivity contribution in [2.45, 2.75) is 6.54 Å². The van der Waals surface area contributed by atoms with Crippen LogP contribution in [0.25, 0.3) is 10.9 Å². The lowest BCUT2D eigenvalue weighted by molar-refractivity contribution is 0.0660. The van der Waals surface area contributed by atoms with Gasteiger partial charge in [-0.3, -0.25) is 0 Å². The first-order valence-corrected chi connectivity index (χ1v) is 6.07. The first-order chi connectivity index (χ1) is 9.16. The van der Waals surface area contributed by atoms with E-state index in [4.69, 9.17) is 21.1 Å². The van der Waals surface area contributed by atoms with Crippen LogP contribution in [0.4, 0.5) is 0 Å². The average molecular weight is 276 g/mol. The van der Waals surface area contributed by atoms with E-state index in [1.807, 2.05) is 35.0 Å². The Balaban J connectivity index is 2.06. The van der Waals surface area contributed by atoms with Crippen LogP contribution >= 0.6 is 11.6 Å². The highest BCUT2D eigenvalue weighted by Crippen LogP contribution is 2.25. The number of rotatable bonds is 3. The van der Waals surface area contributed by atoms with Crippen LogP contribution in [-0.4, -0.2) is 15.6 Å². The second-order valence-corrected chi connectivity index (χ2v) is 4.61. The van der Waals surface area contributed by atoms with Gasteiger partial charge in [0.25, 0.3) is 0 Å². The zero-order chi connectivity index (χ0) is 13.4. The number of nitrogens with zero attached hydrogens (tertiary/aromatic N) is 1. The number of aromatic carboxylic acids is 1. The van der Waals surface area contributed by atoms with Gasteiger partial charge >= 0.3 is 5.97 Å². The summed E-state index contributed by atoms with van der Waals surface area (Å²) >= 11 is 6.19. The van der Waals surface area contributed by atoms with Crippen molar-refractivity contribution in [2.75, 3.05) is 0 Å². The van der Waals surface area contributed by atoms with Crippen molar-refractivity contribution in [3.05, 3.63) is 59.1 Å². The van der Waals surface area contributed by atoms with E-state index in [9.17, 15) is 4.79 Å². The monoisotopic (exact) mass is 275 g/mol. The van der Waals surface area contributed by atoms with E-state index in [1.165, 1.54) is 6.26 Å². The fraction of sp³-hybridized carbons (Fsp3) is 0.0714. The molecular weight excluding hydrogens is 266 g/mol. The van der Waals surface area contributed by atoms with Crippen LogP contribution in [0.3, 0.4) is 0 Å². The molecule has 0 bridgehead atoms. The number of carboxylic acid groups (broad SMARTS) is 1. The summed E-state index contributed by atoms with van der Waals surface area (Å²) in [5.41, 5.74) is 1.51. The second-order valence-electron chi connectivity index (χ2n) is 4.20. The molecule has 0 saturated carbocycles. The van der Waals surface area contributed by atoms with Crippen LogP contribution in [0.1, 0.15) is 16.1 Å². The Hall–Kier alpha value is -2.20. The summed E-state index contributed by atoms with van der Waals surface area (Å²) in [6.45, 7) is 0.408. The summed E-state index contributed by atoms with van der Waals surface area (Å²) in [6, 6.07) is 9.27. The highest BCUT2D eigenvalue weighted by molar-refractivity contribution is 6.35. The Bertz CT molecular complexity index is 757. The predicted molar refractivity (Wildman–Crippen MR) is 71.7 cm³/mol. The molecule has 5 heteroatoms. The fourth-order valence-corrected chi connectivity index (χ4v) is 2.47. The minimum Gasteiger partial charge on any atom is -0.475 e. The van der Waals surface area contributed by atoms with Crippen LogP contribution < -0.4 is 0 Å². The largest absolute Gasteiger partial charge is 0.475 e. The molecule has 1 aromatic carbocycles. The number of hydrogen-bond donors (Lipinski definition) is 1. The number of para-hydroxylation sites is 1. The minimum atomic E-state index is -1.07. The SMILES string of the molecule is O=C(O)c1occc1Cn1ccc2cccc(Cl)c21. The standard InChI is InChI=1S/C14H10ClNO3/c15-11-3-1-2-9-4-6-16(12(9)11)8-10-5-7-19-13(10)14(17)18/h1-7H,8H2,(H,17,18). The molecule has 0 atom stereocenters. The number of fused-ring (bicyclic) bond motifs is 1. The number of furan rings is 1. The van der Waals surface area contributed by atoms with Gasteiger partial charge in [0.05, 0.1) is 23.3 Å². The van der Waals surface area contributed by atoms with Crippen LogP contribution in [0.2, 0.25) is 5.02 Å². The summed E-state index contributed by atoms with van der Waals surface area (Å²) in [5, 5.41) is 10.7. The Kier molecular flexibility index (Phi) is 2.80. The van der Waals surface area contributed by atoms with Gasteiger partial charge in [0, 0.05) is 17.1 Å². The maximum absolute atomic E-state index is 11.0. The quantitative estimate of drug-likeness (QED) is 0.794. The second kappa shape index (κ2) is 4.48. The highest BCUT2D eigenvalue weighted by atomic mass is 35.5. The van der Waals surface area contributed by atoms with E-state index in [2.05, 4.69) is 0 Å². The molecular formula is C14H10ClNO3. The molecule has 0 saturated heterocycles. The van der Waals surface area contributed by atoms with Crippen molar-refractivity contribution in [2.24, 2.45) is 0 Å². The molecule has 0 fully saturated rings. The third kappa shape index (κ3) is 2.00. The van der Waals surface area contributed by atoms with Crippen molar-refractivity contribution < 1.29 is 14.3 Å². The topological polar surface area (TPSA) is 55.4 Å². The molecule has 2 heterocycles. The molecule has 96 valence electrons. The van der Waals surface area contributed by atoms with Gasteiger partial charge in [-0.05, 0) is 18.2 Å². The molecule has 0 spiro atoms. The summed E-state index contributed by atoms with van der Waals surface area (Å²) in [5.74, 6) is -1.10. The highest BCUT2D eigenvalue weighted by Gasteiger charge is 2.15. The average Bonchev–Trinajstić information content (AvgIpc) is 2.98. The molecule has 0 aliphatic heterocycles. The first-order valence-electron chi connectivity index (χ1n) is 5.70. The van der Waals surface area contributed by atoms with Gasteiger partial charge in [0.15, 0.2) is 0 Å². The number of benzene rings is 1. The third-order valence-electron chi connectivity index (χ3n) is 3.02. The number of hydrogen-bond acceptors (Lipinski definition) is 2. The molecule has 0 aliphatic rings. The molecule has 3 aromatic rings. The predicted octanol–water partition coefficient (Wildman–Crippen LogP) is 3.63. The number of carbonyl (C=O) groups is 1. The van der Waals surface area contributed by atoms with Crippen LogP contribution in [-0.2, 0) is 6.54 Å². The molecule has 4 nitrogen and oxygen atoms in total. The van der Waals surface area contributed by atoms with Gasteiger partial charge in [0.1, 0.15) is 0 Å². The van der Waals surface area contributed by atoms with Gasteiger partial charge in [-0.2, -0.15) is 0 Å². The van der Waals surface area contributed by atoms with Crippen LogP contribution in [0, 0.1) is 0 Å². The molecule has 3 rings (SSSR count). The molecule has 0 aliphatic carbocycles. The molecule has 2 aromatic heterocycles. The maximum Gasteiger partial charge on any atom is 0.372 e. The van der Waals surface area contributed by atoms with E-state index < -0.39 is 5.97 Å². The number of aromatic nitrogens is 1.